The van der Waals surface area contributed by atoms with E-state index in [1.165, 1.54) is 29.5 Å². The Morgan fingerprint density at radius 1 is 1.14 bits per heavy atom. The number of anilines is 1. The number of halogens is 2. The van der Waals surface area contributed by atoms with Crippen LogP contribution < -0.4 is 5.32 Å². The molecular formula is C13H8Cl2N6O. The Hall–Kier alpha value is -2.51. The molecule has 1 aromatic carbocycles. The van der Waals surface area contributed by atoms with Crippen LogP contribution in [0.1, 0.15) is 10.5 Å². The molecule has 1 N–H and O–H groups in total. The maximum atomic E-state index is 12.1. The van der Waals surface area contributed by atoms with Crippen molar-refractivity contribution in [2.45, 2.75) is 0 Å². The van der Waals surface area contributed by atoms with Gasteiger partial charge in [-0.3, -0.25) is 4.79 Å². The monoisotopic (exact) mass is 334 g/mol. The Balaban J connectivity index is 1.77. The Labute approximate surface area is 134 Å². The first kappa shape index (κ1) is 14.4. The van der Waals surface area contributed by atoms with Gasteiger partial charge in [0.05, 0.1) is 10.7 Å². The van der Waals surface area contributed by atoms with Crippen molar-refractivity contribution in [3.63, 3.8) is 0 Å². The number of nitrogens with one attached hydrogen (secondary N) is 1. The van der Waals surface area contributed by atoms with Crippen LogP contribution in [0, 0.1) is 0 Å². The average Bonchev–Trinajstić information content (AvgIpc) is 3.04. The zero-order chi connectivity index (χ0) is 15.5. The van der Waals surface area contributed by atoms with E-state index in [-0.39, 0.29) is 5.69 Å². The van der Waals surface area contributed by atoms with Gasteiger partial charge in [-0.05, 0) is 30.3 Å². The molecule has 22 heavy (non-hydrogen) atoms. The van der Waals surface area contributed by atoms with Gasteiger partial charge in [0.15, 0.2) is 11.5 Å². The molecule has 0 aliphatic rings. The number of hydrogen-bond acceptors (Lipinski definition) is 5. The second-order valence-corrected chi connectivity index (χ2v) is 5.04. The number of carbonyl (C=O) groups excluding carboxylic acids is 1. The van der Waals surface area contributed by atoms with Crippen LogP contribution in [0.15, 0.2) is 43.0 Å². The molecule has 2 aromatic heterocycles. The minimum atomic E-state index is -0.429. The molecule has 0 fully saturated rings. The maximum Gasteiger partial charge on any atom is 0.276 e. The highest BCUT2D eigenvalue weighted by molar-refractivity contribution is 6.36. The van der Waals surface area contributed by atoms with Crippen LogP contribution >= 0.6 is 23.2 Å². The highest BCUT2D eigenvalue weighted by Crippen LogP contribution is 2.25. The predicted molar refractivity (Wildman–Crippen MR) is 81.4 cm³/mol. The van der Waals surface area contributed by atoms with E-state index in [0.29, 0.717) is 21.6 Å². The molecule has 0 bridgehead atoms. The van der Waals surface area contributed by atoms with Gasteiger partial charge in [0.2, 0.25) is 0 Å². The van der Waals surface area contributed by atoms with E-state index in [9.17, 15) is 4.79 Å². The first-order valence-electron chi connectivity index (χ1n) is 6.08. The minimum Gasteiger partial charge on any atom is -0.319 e. The summed E-state index contributed by atoms with van der Waals surface area (Å²) in [7, 11) is 0. The van der Waals surface area contributed by atoms with E-state index in [4.69, 9.17) is 23.2 Å². The van der Waals surface area contributed by atoms with Crippen LogP contribution in [0.4, 0.5) is 5.69 Å². The summed E-state index contributed by atoms with van der Waals surface area (Å²) in [5.74, 6) is 0.0282. The molecule has 9 heteroatoms. The largest absolute Gasteiger partial charge is 0.319 e. The number of carbonyl (C=O) groups is 1. The van der Waals surface area contributed by atoms with Gasteiger partial charge in [0, 0.05) is 5.02 Å². The molecule has 2 heterocycles. The molecule has 3 aromatic rings. The van der Waals surface area contributed by atoms with Crippen molar-refractivity contribution in [1.82, 2.24) is 25.0 Å². The van der Waals surface area contributed by atoms with Crippen molar-refractivity contribution in [1.29, 1.82) is 0 Å². The molecule has 3 rings (SSSR count). The van der Waals surface area contributed by atoms with Gasteiger partial charge >= 0.3 is 0 Å². The van der Waals surface area contributed by atoms with Crippen LogP contribution in [0.3, 0.4) is 0 Å². The summed E-state index contributed by atoms with van der Waals surface area (Å²) in [6.07, 6.45) is 2.86. The zero-order valence-corrected chi connectivity index (χ0v) is 12.5. The van der Waals surface area contributed by atoms with E-state index in [1.54, 1.807) is 18.2 Å². The minimum absolute atomic E-state index is 0.148. The van der Waals surface area contributed by atoms with Crippen molar-refractivity contribution < 1.29 is 4.79 Å². The van der Waals surface area contributed by atoms with Gasteiger partial charge < -0.3 is 5.32 Å². The average molecular weight is 335 g/mol. The highest BCUT2D eigenvalue weighted by Gasteiger charge is 2.11. The quantitative estimate of drug-likeness (QED) is 0.795. The Morgan fingerprint density at radius 3 is 2.64 bits per heavy atom. The van der Waals surface area contributed by atoms with Crippen LogP contribution in [0.2, 0.25) is 10.0 Å². The van der Waals surface area contributed by atoms with Crippen molar-refractivity contribution >= 4 is 34.8 Å². The number of aromatic nitrogens is 5. The Morgan fingerprint density at radius 2 is 2.00 bits per heavy atom. The number of rotatable bonds is 3. The summed E-state index contributed by atoms with van der Waals surface area (Å²) in [4.78, 5) is 15.9. The summed E-state index contributed by atoms with van der Waals surface area (Å²) in [6.45, 7) is 0. The highest BCUT2D eigenvalue weighted by atomic mass is 35.5. The summed E-state index contributed by atoms with van der Waals surface area (Å²) >= 11 is 11.8. The number of benzene rings is 1. The number of nitrogens with zero attached hydrogens (tertiary/aromatic N) is 5. The van der Waals surface area contributed by atoms with Crippen molar-refractivity contribution in [3.8, 4) is 5.82 Å². The lowest BCUT2D eigenvalue weighted by molar-refractivity contribution is 0.102. The molecule has 110 valence electrons. The Kier molecular flexibility index (Phi) is 3.99. The summed E-state index contributed by atoms with van der Waals surface area (Å²) in [5.41, 5.74) is 0.591. The van der Waals surface area contributed by atoms with E-state index in [1.807, 2.05) is 0 Å². The fraction of sp³-hybridized carbons (Fsp3) is 0. The third-order valence-electron chi connectivity index (χ3n) is 2.72. The molecule has 0 aliphatic heterocycles. The van der Waals surface area contributed by atoms with Gasteiger partial charge in [-0.2, -0.15) is 5.10 Å². The first-order chi connectivity index (χ1) is 10.6. The van der Waals surface area contributed by atoms with Crippen LogP contribution in [-0.2, 0) is 0 Å². The lowest BCUT2D eigenvalue weighted by atomic mass is 10.3. The van der Waals surface area contributed by atoms with Crippen molar-refractivity contribution in [2.75, 3.05) is 5.32 Å². The van der Waals surface area contributed by atoms with Crippen molar-refractivity contribution in [2.24, 2.45) is 0 Å². The summed E-state index contributed by atoms with van der Waals surface area (Å²) in [6, 6.07) is 7.92. The normalized spacial score (nSPS) is 10.5. The smallest absolute Gasteiger partial charge is 0.276 e. The second-order valence-electron chi connectivity index (χ2n) is 4.20. The van der Waals surface area contributed by atoms with E-state index < -0.39 is 5.91 Å². The molecule has 0 unspecified atom stereocenters. The topological polar surface area (TPSA) is 85.6 Å². The van der Waals surface area contributed by atoms with Gasteiger partial charge in [-0.25, -0.2) is 9.67 Å². The molecule has 0 atom stereocenters. The predicted octanol–water partition coefficient (Wildman–Crippen LogP) is 2.62. The maximum absolute atomic E-state index is 12.1. The summed E-state index contributed by atoms with van der Waals surface area (Å²) in [5, 5.41) is 15.2. The van der Waals surface area contributed by atoms with Gasteiger partial charge in [0.1, 0.15) is 12.7 Å². The first-order valence-corrected chi connectivity index (χ1v) is 6.84. The molecular weight excluding hydrogens is 327 g/mol. The number of hydrogen-bond donors (Lipinski definition) is 1. The Bertz CT molecular complexity index is 804. The van der Waals surface area contributed by atoms with Gasteiger partial charge in [-0.1, -0.05) is 23.2 Å². The second kappa shape index (κ2) is 6.08. The van der Waals surface area contributed by atoms with E-state index in [0.717, 1.165) is 0 Å². The van der Waals surface area contributed by atoms with Gasteiger partial charge in [-0.15, -0.1) is 10.2 Å². The van der Waals surface area contributed by atoms with E-state index in [2.05, 4.69) is 25.6 Å². The SMILES string of the molecule is O=C(Nc1ccc(Cl)cc1Cl)c1ccc(-n2cncn2)nn1. The van der Waals surface area contributed by atoms with Crippen LogP contribution in [-0.4, -0.2) is 30.9 Å². The fourth-order valence-corrected chi connectivity index (χ4v) is 2.13. The third kappa shape index (κ3) is 3.05. The molecule has 0 spiro atoms. The van der Waals surface area contributed by atoms with Crippen LogP contribution in [0.25, 0.3) is 5.82 Å². The standard InChI is InChI=1S/C13H8Cl2N6O/c14-8-1-2-10(9(15)5-8)18-13(22)11-3-4-12(20-19-11)21-7-16-6-17-21/h1-7H,(H,18,22). The zero-order valence-electron chi connectivity index (χ0n) is 10.9. The molecule has 7 nitrogen and oxygen atoms in total. The molecule has 0 saturated heterocycles. The molecule has 0 radical (unpaired) electrons. The lowest BCUT2D eigenvalue weighted by Gasteiger charge is -2.07. The van der Waals surface area contributed by atoms with Gasteiger partial charge in [0.25, 0.3) is 5.91 Å². The molecule has 0 saturated carbocycles. The third-order valence-corrected chi connectivity index (χ3v) is 3.26. The lowest BCUT2D eigenvalue weighted by Crippen LogP contribution is -2.15. The van der Waals surface area contributed by atoms with E-state index >= 15 is 0 Å². The van der Waals surface area contributed by atoms with Crippen molar-refractivity contribution in [3.05, 3.63) is 58.7 Å². The molecule has 0 aliphatic carbocycles. The fourth-order valence-electron chi connectivity index (χ4n) is 1.67. The number of amides is 1. The summed E-state index contributed by atoms with van der Waals surface area (Å²) < 4.78 is 1.44. The van der Waals surface area contributed by atoms with Crippen LogP contribution in [0.5, 0.6) is 0 Å². The molecule has 1 amide bonds.